The summed E-state index contributed by atoms with van der Waals surface area (Å²) in [6.45, 7) is 1.78. The predicted molar refractivity (Wildman–Crippen MR) is 68.1 cm³/mol. The molecule has 16 heavy (non-hydrogen) atoms. The third kappa shape index (κ3) is 1.66. The molecule has 1 heterocycles. The second-order valence-electron chi connectivity index (χ2n) is 3.76. The van der Waals surface area contributed by atoms with Crippen molar-refractivity contribution in [3.8, 4) is 0 Å². The third-order valence-electron chi connectivity index (χ3n) is 2.52. The summed E-state index contributed by atoms with van der Waals surface area (Å²) in [5.41, 5.74) is 1.42. The molecule has 1 aliphatic rings. The summed E-state index contributed by atoms with van der Waals surface area (Å²) < 4.78 is -0.799. The van der Waals surface area contributed by atoms with E-state index < -0.39 is 4.32 Å². The minimum atomic E-state index is -0.799. The fraction of sp³-hybridized carbons (Fsp3) is 0.273. The number of carbonyl (C=O) groups is 1. The average molecular weight is 302 g/mol. The van der Waals surface area contributed by atoms with Crippen LogP contribution < -0.4 is 0 Å². The Morgan fingerprint density at radius 3 is 2.56 bits per heavy atom. The minimum Gasteiger partial charge on any atom is -0.271 e. The van der Waals surface area contributed by atoms with Gasteiger partial charge in [-0.3, -0.25) is 4.79 Å². The van der Waals surface area contributed by atoms with E-state index in [1.54, 1.807) is 20.0 Å². The summed E-state index contributed by atoms with van der Waals surface area (Å²) in [6.07, 6.45) is 0. The smallest absolute Gasteiger partial charge is 0.265 e. The molecule has 0 bridgehead atoms. The van der Waals surface area contributed by atoms with Gasteiger partial charge < -0.3 is 0 Å². The van der Waals surface area contributed by atoms with E-state index in [1.165, 1.54) is 5.01 Å². The zero-order valence-electron chi connectivity index (χ0n) is 8.87. The number of nitrogens with zero attached hydrogens (tertiary/aromatic N) is 2. The van der Waals surface area contributed by atoms with Gasteiger partial charge in [-0.2, -0.15) is 5.10 Å². The van der Waals surface area contributed by atoms with Gasteiger partial charge in [0.15, 0.2) is 0 Å². The van der Waals surface area contributed by atoms with Crippen molar-refractivity contribution < 1.29 is 4.79 Å². The second-order valence-corrected chi connectivity index (χ2v) is 5.75. The SMILES string of the molecule is CN1N=C(c2ccccc2Cl)C(C)(Br)C1=O. The van der Waals surface area contributed by atoms with Crippen LogP contribution in [0.15, 0.2) is 29.4 Å². The molecule has 3 nitrogen and oxygen atoms in total. The standard InChI is InChI=1S/C11H10BrClN2O/c1-11(12)9(14-15(2)10(11)16)7-5-3-4-6-8(7)13/h3-6H,1-2H3. The van der Waals surface area contributed by atoms with E-state index in [-0.39, 0.29) is 5.91 Å². The topological polar surface area (TPSA) is 32.7 Å². The van der Waals surface area contributed by atoms with Gasteiger partial charge in [-0.1, -0.05) is 45.7 Å². The highest BCUT2D eigenvalue weighted by Crippen LogP contribution is 2.33. The van der Waals surface area contributed by atoms with E-state index in [2.05, 4.69) is 21.0 Å². The number of hydrogen-bond acceptors (Lipinski definition) is 2. The van der Waals surface area contributed by atoms with E-state index >= 15 is 0 Å². The lowest BCUT2D eigenvalue weighted by Gasteiger charge is -2.16. The number of rotatable bonds is 1. The van der Waals surface area contributed by atoms with E-state index in [9.17, 15) is 4.79 Å². The molecule has 0 radical (unpaired) electrons. The molecule has 1 aromatic rings. The van der Waals surface area contributed by atoms with Crippen molar-refractivity contribution in [2.45, 2.75) is 11.2 Å². The Morgan fingerprint density at radius 2 is 2.06 bits per heavy atom. The molecule has 1 aromatic carbocycles. The first-order chi connectivity index (χ1) is 7.44. The Labute approximate surface area is 107 Å². The van der Waals surface area contributed by atoms with Gasteiger partial charge in [0.05, 0.1) is 5.71 Å². The van der Waals surface area contributed by atoms with Crippen LogP contribution in [-0.2, 0) is 4.79 Å². The van der Waals surface area contributed by atoms with Crippen molar-refractivity contribution in [1.29, 1.82) is 0 Å². The molecule has 0 saturated carbocycles. The number of hydrogen-bond donors (Lipinski definition) is 0. The number of alkyl halides is 1. The van der Waals surface area contributed by atoms with Crippen LogP contribution in [0.2, 0.25) is 5.02 Å². The molecule has 0 N–H and O–H groups in total. The molecule has 1 atom stereocenters. The summed E-state index contributed by atoms with van der Waals surface area (Å²) in [6, 6.07) is 7.35. The van der Waals surface area contributed by atoms with Crippen LogP contribution in [0, 0.1) is 0 Å². The zero-order chi connectivity index (χ0) is 11.9. The van der Waals surface area contributed by atoms with Gasteiger partial charge in [-0.25, -0.2) is 5.01 Å². The van der Waals surface area contributed by atoms with Crippen LogP contribution in [0.4, 0.5) is 0 Å². The number of carbonyl (C=O) groups excluding carboxylic acids is 1. The van der Waals surface area contributed by atoms with Crippen molar-refractivity contribution in [2.75, 3.05) is 7.05 Å². The summed E-state index contributed by atoms with van der Waals surface area (Å²) in [5.74, 6) is -0.0950. The van der Waals surface area contributed by atoms with E-state index in [0.29, 0.717) is 10.7 Å². The Hall–Kier alpha value is -0.870. The Balaban J connectivity index is 2.55. The monoisotopic (exact) mass is 300 g/mol. The highest BCUT2D eigenvalue weighted by atomic mass is 79.9. The summed E-state index contributed by atoms with van der Waals surface area (Å²) in [5, 5.41) is 6.14. The van der Waals surface area contributed by atoms with E-state index in [1.807, 2.05) is 18.2 Å². The van der Waals surface area contributed by atoms with Crippen LogP contribution in [-0.4, -0.2) is 28.0 Å². The van der Waals surface area contributed by atoms with Crippen molar-refractivity contribution in [3.05, 3.63) is 34.9 Å². The van der Waals surface area contributed by atoms with Crippen molar-refractivity contribution in [3.63, 3.8) is 0 Å². The Kier molecular flexibility index (Phi) is 2.80. The molecule has 0 saturated heterocycles. The molecular formula is C11H10BrClN2O. The zero-order valence-corrected chi connectivity index (χ0v) is 11.2. The lowest BCUT2D eigenvalue weighted by molar-refractivity contribution is -0.128. The number of halogens is 2. The van der Waals surface area contributed by atoms with Crippen LogP contribution in [0.1, 0.15) is 12.5 Å². The van der Waals surface area contributed by atoms with E-state index in [0.717, 1.165) is 5.56 Å². The first kappa shape index (κ1) is 11.6. The predicted octanol–water partition coefficient (Wildman–Crippen LogP) is 2.67. The molecule has 0 aromatic heterocycles. The third-order valence-corrected chi connectivity index (χ3v) is 3.56. The van der Waals surface area contributed by atoms with Crippen molar-refractivity contribution in [1.82, 2.24) is 5.01 Å². The highest BCUT2D eigenvalue weighted by Gasteiger charge is 2.44. The van der Waals surface area contributed by atoms with Gasteiger partial charge in [0.1, 0.15) is 4.32 Å². The maximum atomic E-state index is 11.8. The maximum absolute atomic E-state index is 11.8. The largest absolute Gasteiger partial charge is 0.271 e. The number of amides is 1. The fourth-order valence-corrected chi connectivity index (χ4v) is 2.43. The molecule has 2 rings (SSSR count). The van der Waals surface area contributed by atoms with Gasteiger partial charge in [0.25, 0.3) is 5.91 Å². The lowest BCUT2D eigenvalue weighted by atomic mass is 9.98. The minimum absolute atomic E-state index is 0.0950. The number of hydrazone groups is 1. The summed E-state index contributed by atoms with van der Waals surface area (Å²) >= 11 is 9.50. The molecule has 84 valence electrons. The molecular weight excluding hydrogens is 291 g/mol. The highest BCUT2D eigenvalue weighted by molar-refractivity contribution is 9.10. The average Bonchev–Trinajstić information content (AvgIpc) is 2.43. The summed E-state index contributed by atoms with van der Waals surface area (Å²) in [4.78, 5) is 11.8. The first-order valence-electron chi connectivity index (χ1n) is 4.75. The molecule has 5 heteroatoms. The fourth-order valence-electron chi connectivity index (χ4n) is 1.65. The molecule has 1 aliphatic heterocycles. The first-order valence-corrected chi connectivity index (χ1v) is 5.92. The van der Waals surface area contributed by atoms with Crippen LogP contribution in [0.5, 0.6) is 0 Å². The molecule has 0 fully saturated rings. The quantitative estimate of drug-likeness (QED) is 0.734. The van der Waals surface area contributed by atoms with Crippen molar-refractivity contribution >= 4 is 39.1 Å². The van der Waals surface area contributed by atoms with Crippen LogP contribution in [0.25, 0.3) is 0 Å². The Bertz CT molecular complexity index is 485. The van der Waals surface area contributed by atoms with Gasteiger partial charge >= 0.3 is 0 Å². The van der Waals surface area contributed by atoms with Gasteiger partial charge in [0, 0.05) is 17.6 Å². The second kappa shape index (κ2) is 3.86. The van der Waals surface area contributed by atoms with Gasteiger partial charge in [-0.05, 0) is 13.0 Å². The molecule has 1 amide bonds. The molecule has 0 aliphatic carbocycles. The van der Waals surface area contributed by atoms with Crippen LogP contribution >= 0.6 is 27.5 Å². The Morgan fingerprint density at radius 1 is 1.44 bits per heavy atom. The van der Waals surface area contributed by atoms with Crippen molar-refractivity contribution in [2.24, 2.45) is 5.10 Å². The van der Waals surface area contributed by atoms with Gasteiger partial charge in [0.2, 0.25) is 0 Å². The normalized spacial score (nSPS) is 24.9. The van der Waals surface area contributed by atoms with E-state index in [4.69, 9.17) is 11.6 Å². The van der Waals surface area contributed by atoms with Crippen LogP contribution in [0.3, 0.4) is 0 Å². The van der Waals surface area contributed by atoms with Gasteiger partial charge in [-0.15, -0.1) is 0 Å². The summed E-state index contributed by atoms with van der Waals surface area (Å²) in [7, 11) is 1.63. The lowest BCUT2D eigenvalue weighted by Crippen LogP contribution is -2.37. The molecule has 0 spiro atoms. The molecule has 1 unspecified atom stereocenters. The maximum Gasteiger partial charge on any atom is 0.265 e. The number of benzene rings is 1.